The summed E-state index contributed by atoms with van der Waals surface area (Å²) in [5.41, 5.74) is 5.24. The summed E-state index contributed by atoms with van der Waals surface area (Å²) in [4.78, 5) is 16.3. The second kappa shape index (κ2) is 6.62. The lowest BCUT2D eigenvalue weighted by atomic mass is 10.00. The van der Waals surface area contributed by atoms with Gasteiger partial charge >= 0.3 is 0 Å². The van der Waals surface area contributed by atoms with Gasteiger partial charge < -0.3 is 20.6 Å². The van der Waals surface area contributed by atoms with Crippen molar-refractivity contribution in [2.24, 2.45) is 10.9 Å². The van der Waals surface area contributed by atoms with E-state index in [1.165, 1.54) is 0 Å². The van der Waals surface area contributed by atoms with Crippen LogP contribution in [0.3, 0.4) is 0 Å². The average molecular weight is 298 g/mol. The molecule has 0 radical (unpaired) electrons. The fourth-order valence-electron chi connectivity index (χ4n) is 2.93. The van der Waals surface area contributed by atoms with Gasteiger partial charge in [0.1, 0.15) is 0 Å². The topological polar surface area (TPSA) is 91.4 Å². The number of carbonyl (C=O) groups excluding carboxylic acids is 1. The van der Waals surface area contributed by atoms with Gasteiger partial charge in [-0.05, 0) is 26.7 Å². The van der Waals surface area contributed by atoms with Crippen LogP contribution < -0.4 is 5.73 Å². The standard InChI is InChI=1S/C14H26N4O3/c1-14(2,13(15)16-20)18-7-5-17(6-8-18)12(19)10-11-4-3-9-21-11/h11,20H,3-10H2,1-2H3,(H2,15,16). The van der Waals surface area contributed by atoms with Crippen molar-refractivity contribution >= 4 is 11.7 Å². The Labute approximate surface area is 125 Å². The number of hydrogen-bond acceptors (Lipinski definition) is 5. The van der Waals surface area contributed by atoms with Crippen molar-refractivity contribution in [3.63, 3.8) is 0 Å². The summed E-state index contributed by atoms with van der Waals surface area (Å²) in [6.45, 7) is 7.42. The molecule has 7 nitrogen and oxygen atoms in total. The van der Waals surface area contributed by atoms with Crippen molar-refractivity contribution in [3.8, 4) is 0 Å². The smallest absolute Gasteiger partial charge is 0.225 e. The molecule has 3 N–H and O–H groups in total. The molecule has 2 aliphatic heterocycles. The number of hydrogen-bond donors (Lipinski definition) is 2. The molecule has 0 saturated carbocycles. The van der Waals surface area contributed by atoms with Crippen LogP contribution in [0.2, 0.25) is 0 Å². The van der Waals surface area contributed by atoms with Gasteiger partial charge in [0.25, 0.3) is 0 Å². The van der Waals surface area contributed by atoms with Crippen LogP contribution in [0.25, 0.3) is 0 Å². The van der Waals surface area contributed by atoms with Gasteiger partial charge in [0, 0.05) is 32.8 Å². The fraction of sp³-hybridized carbons (Fsp3) is 0.857. The van der Waals surface area contributed by atoms with Gasteiger partial charge in [-0.3, -0.25) is 9.69 Å². The van der Waals surface area contributed by atoms with E-state index < -0.39 is 5.54 Å². The highest BCUT2D eigenvalue weighted by Crippen LogP contribution is 2.20. The molecule has 21 heavy (non-hydrogen) atoms. The SMILES string of the molecule is CC(C)(C(N)=NO)N1CCN(C(=O)CC2CCCO2)CC1. The molecule has 0 aromatic heterocycles. The Kier molecular flexibility index (Phi) is 5.05. The second-order valence-electron chi connectivity index (χ2n) is 6.25. The number of amides is 1. The lowest BCUT2D eigenvalue weighted by Crippen LogP contribution is -2.60. The largest absolute Gasteiger partial charge is 0.409 e. The molecule has 2 heterocycles. The minimum atomic E-state index is -0.502. The lowest BCUT2D eigenvalue weighted by Gasteiger charge is -2.43. The van der Waals surface area contributed by atoms with Crippen LogP contribution in [-0.4, -0.2) is 71.2 Å². The Morgan fingerprint density at radius 3 is 2.57 bits per heavy atom. The minimum Gasteiger partial charge on any atom is -0.409 e. The Morgan fingerprint density at radius 2 is 2.05 bits per heavy atom. The maximum Gasteiger partial charge on any atom is 0.225 e. The Morgan fingerprint density at radius 1 is 1.38 bits per heavy atom. The van der Waals surface area contributed by atoms with E-state index in [1.807, 2.05) is 18.7 Å². The van der Waals surface area contributed by atoms with Crippen molar-refractivity contribution in [2.45, 2.75) is 44.8 Å². The first kappa shape index (κ1) is 16.0. The maximum atomic E-state index is 12.2. The Hall–Kier alpha value is -1.34. The highest BCUT2D eigenvalue weighted by molar-refractivity contribution is 5.88. The molecule has 0 aromatic rings. The number of carbonyl (C=O) groups is 1. The molecule has 0 aromatic carbocycles. The Bertz CT molecular complexity index is 397. The number of oxime groups is 1. The van der Waals surface area contributed by atoms with Crippen molar-refractivity contribution in [1.29, 1.82) is 0 Å². The first-order valence-electron chi connectivity index (χ1n) is 7.57. The van der Waals surface area contributed by atoms with E-state index in [0.717, 1.165) is 32.5 Å². The van der Waals surface area contributed by atoms with Crippen LogP contribution in [0.5, 0.6) is 0 Å². The molecule has 0 spiro atoms. The zero-order valence-electron chi connectivity index (χ0n) is 12.9. The molecule has 120 valence electrons. The highest BCUT2D eigenvalue weighted by Gasteiger charge is 2.35. The molecule has 2 saturated heterocycles. The van der Waals surface area contributed by atoms with E-state index in [9.17, 15) is 4.79 Å². The number of piperazine rings is 1. The van der Waals surface area contributed by atoms with Gasteiger partial charge in [-0.25, -0.2) is 0 Å². The third-order valence-corrected chi connectivity index (χ3v) is 4.58. The van der Waals surface area contributed by atoms with Crippen LogP contribution >= 0.6 is 0 Å². The van der Waals surface area contributed by atoms with Gasteiger partial charge in [0.2, 0.25) is 5.91 Å². The molecule has 7 heteroatoms. The molecule has 2 fully saturated rings. The number of ether oxygens (including phenoxy) is 1. The van der Waals surface area contributed by atoms with Crippen LogP contribution in [-0.2, 0) is 9.53 Å². The molecule has 1 amide bonds. The van der Waals surface area contributed by atoms with E-state index in [1.54, 1.807) is 0 Å². The number of nitrogens with two attached hydrogens (primary N) is 1. The van der Waals surface area contributed by atoms with E-state index in [4.69, 9.17) is 15.7 Å². The van der Waals surface area contributed by atoms with Crippen LogP contribution in [0.15, 0.2) is 5.16 Å². The number of nitrogens with zero attached hydrogens (tertiary/aromatic N) is 3. The molecule has 0 bridgehead atoms. The number of amidine groups is 1. The van der Waals surface area contributed by atoms with Gasteiger partial charge in [0.05, 0.1) is 18.1 Å². The summed E-state index contributed by atoms with van der Waals surface area (Å²) in [5.74, 6) is 0.366. The molecule has 2 rings (SSSR count). The van der Waals surface area contributed by atoms with E-state index in [2.05, 4.69) is 10.1 Å². The lowest BCUT2D eigenvalue weighted by molar-refractivity contribution is -0.135. The maximum absolute atomic E-state index is 12.2. The van der Waals surface area contributed by atoms with E-state index in [-0.39, 0.29) is 17.8 Å². The summed E-state index contributed by atoms with van der Waals surface area (Å²) in [7, 11) is 0. The van der Waals surface area contributed by atoms with Gasteiger partial charge in [0.15, 0.2) is 5.84 Å². The second-order valence-corrected chi connectivity index (χ2v) is 6.25. The zero-order chi connectivity index (χ0) is 15.5. The third-order valence-electron chi connectivity index (χ3n) is 4.58. The fourth-order valence-corrected chi connectivity index (χ4v) is 2.93. The van der Waals surface area contributed by atoms with Crippen LogP contribution in [0.4, 0.5) is 0 Å². The van der Waals surface area contributed by atoms with Gasteiger partial charge in [-0.2, -0.15) is 0 Å². The summed E-state index contributed by atoms with van der Waals surface area (Å²) in [5, 5.41) is 12.0. The molecule has 1 unspecified atom stereocenters. The predicted octanol–water partition coefficient (Wildman–Crippen LogP) is 0.225. The molecule has 2 aliphatic rings. The summed E-state index contributed by atoms with van der Waals surface area (Å²) >= 11 is 0. The van der Waals surface area contributed by atoms with Crippen LogP contribution in [0, 0.1) is 0 Å². The van der Waals surface area contributed by atoms with Crippen LogP contribution in [0.1, 0.15) is 33.1 Å². The van der Waals surface area contributed by atoms with Crippen molar-refractivity contribution in [1.82, 2.24) is 9.80 Å². The molecular weight excluding hydrogens is 272 g/mol. The predicted molar refractivity (Wildman–Crippen MR) is 79.2 cm³/mol. The van der Waals surface area contributed by atoms with Gasteiger partial charge in [-0.1, -0.05) is 5.16 Å². The quantitative estimate of drug-likeness (QED) is 0.335. The molecule has 0 aliphatic carbocycles. The van der Waals surface area contributed by atoms with E-state index in [0.29, 0.717) is 19.5 Å². The average Bonchev–Trinajstić information content (AvgIpc) is 2.99. The van der Waals surface area contributed by atoms with Crippen molar-refractivity contribution in [2.75, 3.05) is 32.8 Å². The van der Waals surface area contributed by atoms with Gasteiger partial charge in [-0.15, -0.1) is 0 Å². The van der Waals surface area contributed by atoms with E-state index >= 15 is 0 Å². The summed E-state index contributed by atoms with van der Waals surface area (Å²) in [6, 6.07) is 0. The molecular formula is C14H26N4O3. The highest BCUT2D eigenvalue weighted by atomic mass is 16.5. The first-order valence-corrected chi connectivity index (χ1v) is 7.57. The van der Waals surface area contributed by atoms with Crippen molar-refractivity contribution < 1.29 is 14.7 Å². The summed E-state index contributed by atoms with van der Waals surface area (Å²) in [6.07, 6.45) is 2.63. The zero-order valence-corrected chi connectivity index (χ0v) is 12.9. The normalized spacial score (nSPS) is 25.3. The number of rotatable bonds is 4. The van der Waals surface area contributed by atoms with Crippen molar-refractivity contribution in [3.05, 3.63) is 0 Å². The molecule has 1 atom stereocenters. The first-order chi connectivity index (χ1) is 9.95. The Balaban J connectivity index is 1.83. The third kappa shape index (κ3) is 3.65. The summed E-state index contributed by atoms with van der Waals surface area (Å²) < 4.78 is 5.52. The minimum absolute atomic E-state index is 0.101. The monoisotopic (exact) mass is 298 g/mol.